The van der Waals surface area contributed by atoms with Crippen molar-refractivity contribution >= 4 is 10.8 Å². The highest BCUT2D eigenvalue weighted by Gasteiger charge is 2.48. The lowest BCUT2D eigenvalue weighted by Gasteiger charge is -2.49. The number of hydrogen-bond donors (Lipinski definition) is 0. The van der Waals surface area contributed by atoms with E-state index in [0.717, 1.165) is 6.42 Å². The summed E-state index contributed by atoms with van der Waals surface area (Å²) in [6, 6.07) is 20.2. The molecule has 0 saturated carbocycles. The van der Waals surface area contributed by atoms with Crippen molar-refractivity contribution < 1.29 is 4.57 Å². The van der Waals surface area contributed by atoms with E-state index in [9.17, 15) is 5.26 Å². The van der Waals surface area contributed by atoms with Crippen LogP contribution in [0, 0.1) is 34.5 Å². The van der Waals surface area contributed by atoms with Gasteiger partial charge in [-0.05, 0) is 66.7 Å². The topological polar surface area (TPSA) is 27.7 Å². The minimum Gasteiger partial charge on any atom is -0.200 e. The Kier molecular flexibility index (Phi) is 5.54. The number of nitrogens with zero attached hydrogens (tertiary/aromatic N) is 2. The van der Waals surface area contributed by atoms with Crippen molar-refractivity contribution in [3.05, 3.63) is 65.9 Å². The smallest absolute Gasteiger partial charge is 0.200 e. The molecule has 2 aromatic carbocycles. The van der Waals surface area contributed by atoms with E-state index < -0.39 is 5.41 Å². The molecule has 0 aliphatic heterocycles. The van der Waals surface area contributed by atoms with Crippen molar-refractivity contribution in [3.63, 3.8) is 0 Å². The van der Waals surface area contributed by atoms with Gasteiger partial charge in [0.05, 0.1) is 16.9 Å². The van der Waals surface area contributed by atoms with Crippen LogP contribution in [0.25, 0.3) is 22.0 Å². The van der Waals surface area contributed by atoms with E-state index in [0.29, 0.717) is 0 Å². The number of aromatic nitrogens is 1. The van der Waals surface area contributed by atoms with Crippen LogP contribution in [0.4, 0.5) is 0 Å². The standard InChI is InChI=1S/C28H35N2/c1-20-11-9-10-12-23(20)25-24-14-13-21(17-22(24)15-16-30(25)8)18-26(2,3)28(6,7)27(4,5)19-29/h9-17H,18H2,1-8H3/q+1. The van der Waals surface area contributed by atoms with Crippen LogP contribution < -0.4 is 4.57 Å². The van der Waals surface area contributed by atoms with E-state index in [2.05, 4.69) is 121 Å². The zero-order valence-corrected chi connectivity index (χ0v) is 19.8. The van der Waals surface area contributed by atoms with Gasteiger partial charge < -0.3 is 0 Å². The first-order chi connectivity index (χ1) is 13.9. The summed E-state index contributed by atoms with van der Waals surface area (Å²) in [5.74, 6) is 0. The monoisotopic (exact) mass is 399 g/mol. The normalized spacial score (nSPS) is 12.8. The molecule has 0 radical (unpaired) electrons. The summed E-state index contributed by atoms with van der Waals surface area (Å²) in [6.45, 7) is 15.3. The SMILES string of the molecule is Cc1ccccc1-c1c2ccc(CC(C)(C)C(C)(C)C(C)(C)C#N)cc2cc[n+]1C. The van der Waals surface area contributed by atoms with Crippen LogP contribution in [0.1, 0.15) is 52.7 Å². The summed E-state index contributed by atoms with van der Waals surface area (Å²) in [4.78, 5) is 0. The van der Waals surface area contributed by atoms with Crippen LogP contribution in [0.5, 0.6) is 0 Å². The Bertz CT molecular complexity index is 1130. The van der Waals surface area contributed by atoms with Crippen LogP contribution in [0.3, 0.4) is 0 Å². The van der Waals surface area contributed by atoms with Crippen LogP contribution in [0.15, 0.2) is 54.7 Å². The van der Waals surface area contributed by atoms with Gasteiger partial charge in [-0.3, -0.25) is 0 Å². The predicted octanol–water partition coefficient (Wildman–Crippen LogP) is 6.78. The highest BCUT2D eigenvalue weighted by Crippen LogP contribution is 2.52. The highest BCUT2D eigenvalue weighted by atomic mass is 14.9. The second kappa shape index (κ2) is 7.55. The lowest BCUT2D eigenvalue weighted by molar-refractivity contribution is -0.659. The number of nitriles is 1. The third kappa shape index (κ3) is 3.63. The molecule has 3 aromatic rings. The molecular weight excluding hydrogens is 364 g/mol. The van der Waals surface area contributed by atoms with Gasteiger partial charge in [0.15, 0.2) is 6.20 Å². The molecule has 0 unspecified atom stereocenters. The van der Waals surface area contributed by atoms with Crippen molar-refractivity contribution in [1.82, 2.24) is 0 Å². The van der Waals surface area contributed by atoms with Gasteiger partial charge >= 0.3 is 0 Å². The maximum atomic E-state index is 9.74. The first-order valence-corrected chi connectivity index (χ1v) is 10.8. The molecule has 0 aliphatic carbocycles. The number of hydrogen-bond acceptors (Lipinski definition) is 1. The first kappa shape index (κ1) is 22.0. The second-order valence-electron chi connectivity index (χ2n) is 10.4. The lowest BCUT2D eigenvalue weighted by atomic mass is 9.54. The van der Waals surface area contributed by atoms with E-state index >= 15 is 0 Å². The van der Waals surface area contributed by atoms with Crippen molar-refractivity contribution in [1.29, 1.82) is 5.26 Å². The maximum absolute atomic E-state index is 9.74. The summed E-state index contributed by atoms with van der Waals surface area (Å²) in [7, 11) is 2.12. The zero-order chi connectivity index (χ0) is 22.3. The molecule has 1 heterocycles. The van der Waals surface area contributed by atoms with Gasteiger partial charge in [-0.1, -0.05) is 58.0 Å². The molecule has 0 aliphatic rings. The molecule has 0 atom stereocenters. The fraction of sp³-hybridized carbons (Fsp3) is 0.429. The third-order valence-corrected chi connectivity index (χ3v) is 7.78. The molecule has 0 bridgehead atoms. The van der Waals surface area contributed by atoms with E-state index in [1.807, 2.05) is 0 Å². The Balaban J connectivity index is 2.07. The third-order valence-electron chi connectivity index (χ3n) is 7.78. The summed E-state index contributed by atoms with van der Waals surface area (Å²) < 4.78 is 2.22. The van der Waals surface area contributed by atoms with Gasteiger partial charge in [0.25, 0.3) is 0 Å². The van der Waals surface area contributed by atoms with Crippen molar-refractivity contribution in [2.75, 3.05) is 0 Å². The zero-order valence-electron chi connectivity index (χ0n) is 19.8. The molecule has 2 heteroatoms. The first-order valence-electron chi connectivity index (χ1n) is 10.8. The minimum absolute atomic E-state index is 0.0296. The quantitative estimate of drug-likeness (QED) is 0.434. The molecule has 0 amide bonds. The average molecular weight is 400 g/mol. The largest absolute Gasteiger partial charge is 0.220 e. The lowest BCUT2D eigenvalue weighted by Crippen LogP contribution is -2.45. The Labute approximate surface area is 182 Å². The fourth-order valence-corrected chi connectivity index (χ4v) is 4.42. The van der Waals surface area contributed by atoms with Gasteiger partial charge in [-0.25, -0.2) is 4.57 Å². The summed E-state index contributed by atoms with van der Waals surface area (Å²) in [5, 5.41) is 12.3. The van der Waals surface area contributed by atoms with Gasteiger partial charge in [0.2, 0.25) is 5.69 Å². The van der Waals surface area contributed by atoms with E-state index in [1.165, 1.54) is 33.2 Å². The Morgan fingerprint density at radius 3 is 2.23 bits per heavy atom. The van der Waals surface area contributed by atoms with Crippen molar-refractivity contribution in [2.45, 2.75) is 54.9 Å². The molecule has 30 heavy (non-hydrogen) atoms. The predicted molar refractivity (Wildman–Crippen MR) is 126 cm³/mol. The Morgan fingerprint density at radius 1 is 0.933 bits per heavy atom. The molecule has 1 aromatic heterocycles. The van der Waals surface area contributed by atoms with Gasteiger partial charge in [0.1, 0.15) is 7.05 Å². The molecule has 3 rings (SSSR count). The van der Waals surface area contributed by atoms with Gasteiger partial charge in [0, 0.05) is 11.6 Å². The van der Waals surface area contributed by atoms with Crippen LogP contribution in [-0.2, 0) is 13.5 Å². The fourth-order valence-electron chi connectivity index (χ4n) is 4.42. The van der Waals surface area contributed by atoms with E-state index in [1.54, 1.807) is 0 Å². The Morgan fingerprint density at radius 2 is 1.60 bits per heavy atom. The number of pyridine rings is 1. The number of fused-ring (bicyclic) bond motifs is 1. The Hall–Kier alpha value is -2.66. The van der Waals surface area contributed by atoms with E-state index in [-0.39, 0.29) is 10.8 Å². The van der Waals surface area contributed by atoms with Crippen LogP contribution in [0.2, 0.25) is 0 Å². The summed E-state index contributed by atoms with van der Waals surface area (Å²) in [6.07, 6.45) is 3.09. The number of rotatable bonds is 5. The summed E-state index contributed by atoms with van der Waals surface area (Å²) in [5.41, 5.74) is 4.55. The molecule has 0 N–H and O–H groups in total. The minimum atomic E-state index is -0.404. The van der Waals surface area contributed by atoms with E-state index in [4.69, 9.17) is 0 Å². The second-order valence-corrected chi connectivity index (χ2v) is 10.4. The van der Waals surface area contributed by atoms with Gasteiger partial charge in [-0.2, -0.15) is 5.26 Å². The van der Waals surface area contributed by atoms with Gasteiger partial charge in [-0.15, -0.1) is 0 Å². The van der Waals surface area contributed by atoms with Crippen molar-refractivity contribution in [2.24, 2.45) is 23.3 Å². The summed E-state index contributed by atoms with van der Waals surface area (Å²) >= 11 is 0. The molecule has 156 valence electrons. The molecule has 0 fully saturated rings. The maximum Gasteiger partial charge on any atom is 0.220 e. The molecule has 0 saturated heterocycles. The van der Waals surface area contributed by atoms with Crippen LogP contribution in [-0.4, -0.2) is 0 Å². The number of aryl methyl sites for hydroxylation is 2. The number of benzene rings is 2. The van der Waals surface area contributed by atoms with Crippen LogP contribution >= 0.6 is 0 Å². The average Bonchev–Trinajstić information content (AvgIpc) is 2.68. The molecule has 2 nitrogen and oxygen atoms in total. The molecule has 0 spiro atoms. The molecular formula is C28H35N2+. The highest BCUT2D eigenvalue weighted by molar-refractivity contribution is 5.93. The van der Waals surface area contributed by atoms with Crippen molar-refractivity contribution in [3.8, 4) is 17.3 Å².